The summed E-state index contributed by atoms with van der Waals surface area (Å²) in [6, 6.07) is 33.8. The van der Waals surface area contributed by atoms with Crippen LogP contribution in [0.5, 0.6) is 11.5 Å². The van der Waals surface area contributed by atoms with Gasteiger partial charge in [-0.2, -0.15) is 0 Å². The highest BCUT2D eigenvalue weighted by molar-refractivity contribution is 6.30. The lowest BCUT2D eigenvalue weighted by molar-refractivity contribution is 0.475. The Balaban J connectivity index is 1.83. The lowest BCUT2D eigenvalue weighted by atomic mass is 9.84. The van der Waals surface area contributed by atoms with Gasteiger partial charge in [0.2, 0.25) is 0 Å². The van der Waals surface area contributed by atoms with E-state index in [1.165, 1.54) is 0 Å². The van der Waals surface area contributed by atoms with Crippen LogP contribution in [0.25, 0.3) is 0 Å². The van der Waals surface area contributed by atoms with E-state index in [0.717, 1.165) is 28.2 Å². The van der Waals surface area contributed by atoms with Gasteiger partial charge in [-0.15, -0.1) is 0 Å². The van der Waals surface area contributed by atoms with Gasteiger partial charge in [0.1, 0.15) is 11.5 Å². The summed E-state index contributed by atoms with van der Waals surface area (Å²) in [5, 5.41) is 1.43. The van der Waals surface area contributed by atoms with Crippen LogP contribution in [0.1, 0.15) is 22.6 Å². The Morgan fingerprint density at radius 3 is 1.61 bits per heavy atom. The Kier molecular flexibility index (Phi) is 5.66. The van der Waals surface area contributed by atoms with Crippen LogP contribution in [0.15, 0.2) is 103 Å². The minimum Gasteiger partial charge on any atom is -0.457 e. The molecule has 4 rings (SSSR count). The first kappa shape index (κ1) is 18.6. The Morgan fingerprint density at radius 2 is 1.04 bits per heavy atom. The van der Waals surface area contributed by atoms with Crippen molar-refractivity contribution in [3.63, 3.8) is 0 Å². The van der Waals surface area contributed by atoms with Crippen LogP contribution in [0.2, 0.25) is 10.0 Å². The van der Waals surface area contributed by atoms with E-state index < -0.39 is 0 Å². The molecule has 0 amide bonds. The van der Waals surface area contributed by atoms with Crippen LogP contribution in [0.4, 0.5) is 0 Å². The molecule has 0 fully saturated rings. The Labute approximate surface area is 175 Å². The fraction of sp³-hybridized carbons (Fsp3) is 0.0400. The summed E-state index contributed by atoms with van der Waals surface area (Å²) in [5.74, 6) is 1.62. The van der Waals surface area contributed by atoms with Crippen molar-refractivity contribution in [2.24, 2.45) is 0 Å². The smallest absolute Gasteiger partial charge is 0.131 e. The third-order valence-electron chi connectivity index (χ3n) is 4.61. The second-order valence-electron chi connectivity index (χ2n) is 6.49. The van der Waals surface area contributed by atoms with Crippen LogP contribution in [-0.2, 0) is 0 Å². The van der Waals surface area contributed by atoms with Crippen molar-refractivity contribution in [1.82, 2.24) is 0 Å². The monoisotopic (exact) mass is 404 g/mol. The maximum atomic E-state index is 6.23. The molecule has 0 saturated carbocycles. The molecule has 1 nitrogen and oxygen atoms in total. The molecule has 0 aliphatic heterocycles. The second-order valence-corrected chi connectivity index (χ2v) is 7.36. The topological polar surface area (TPSA) is 9.23 Å². The van der Waals surface area contributed by atoms with Gasteiger partial charge >= 0.3 is 0 Å². The molecule has 3 heteroatoms. The van der Waals surface area contributed by atoms with Crippen LogP contribution in [0.3, 0.4) is 0 Å². The van der Waals surface area contributed by atoms with Crippen molar-refractivity contribution in [3.8, 4) is 11.5 Å². The molecular weight excluding hydrogens is 387 g/mol. The van der Waals surface area contributed by atoms with Gasteiger partial charge in [0.15, 0.2) is 0 Å². The molecule has 0 unspecified atom stereocenters. The molecule has 0 aromatic heterocycles. The van der Waals surface area contributed by atoms with Crippen LogP contribution in [0, 0.1) is 0 Å². The third-order valence-corrected chi connectivity index (χ3v) is 5.11. The average molecular weight is 405 g/mol. The number of ether oxygens (including phenoxy) is 1. The Morgan fingerprint density at radius 1 is 0.536 bits per heavy atom. The summed E-state index contributed by atoms with van der Waals surface area (Å²) in [4.78, 5) is 0. The SMILES string of the molecule is Clc1ccc(C(c2ccc(Cl)cc2)c2ccccc2Oc2ccccc2)cc1. The number of benzene rings is 4. The highest BCUT2D eigenvalue weighted by atomic mass is 35.5. The molecule has 28 heavy (non-hydrogen) atoms. The van der Waals surface area contributed by atoms with Gasteiger partial charge in [-0.05, 0) is 53.6 Å². The fourth-order valence-corrected chi connectivity index (χ4v) is 3.54. The van der Waals surface area contributed by atoms with Gasteiger partial charge in [0, 0.05) is 21.5 Å². The maximum Gasteiger partial charge on any atom is 0.131 e. The van der Waals surface area contributed by atoms with Crippen molar-refractivity contribution in [2.75, 3.05) is 0 Å². The fourth-order valence-electron chi connectivity index (χ4n) is 3.29. The summed E-state index contributed by atoms with van der Waals surface area (Å²) < 4.78 is 6.23. The lowest BCUT2D eigenvalue weighted by Gasteiger charge is -2.22. The van der Waals surface area contributed by atoms with Crippen molar-refractivity contribution in [2.45, 2.75) is 5.92 Å². The van der Waals surface area contributed by atoms with Gasteiger partial charge in [0.05, 0.1) is 0 Å². The normalized spacial score (nSPS) is 10.8. The molecule has 4 aromatic carbocycles. The standard InChI is InChI=1S/C25H18Cl2O/c26-20-14-10-18(11-15-20)25(19-12-16-21(27)17-13-19)23-8-4-5-9-24(23)28-22-6-2-1-3-7-22/h1-17,25H. The van der Waals surface area contributed by atoms with Gasteiger partial charge in [-0.1, -0.05) is 83.9 Å². The summed E-state index contributed by atoms with van der Waals surface area (Å²) in [5.41, 5.74) is 3.35. The minimum absolute atomic E-state index is 0.00514. The molecule has 0 radical (unpaired) electrons. The molecule has 0 saturated heterocycles. The molecule has 0 N–H and O–H groups in total. The van der Waals surface area contributed by atoms with E-state index in [-0.39, 0.29) is 5.92 Å². The van der Waals surface area contributed by atoms with E-state index in [0.29, 0.717) is 10.0 Å². The van der Waals surface area contributed by atoms with Gasteiger partial charge in [-0.3, -0.25) is 0 Å². The molecular formula is C25H18Cl2O. The molecule has 0 atom stereocenters. The molecule has 4 aromatic rings. The minimum atomic E-state index is -0.00514. The van der Waals surface area contributed by atoms with E-state index in [2.05, 4.69) is 30.3 Å². The first-order valence-electron chi connectivity index (χ1n) is 9.03. The Bertz CT molecular complexity index is 996. The molecule has 0 aliphatic rings. The molecule has 0 spiro atoms. The predicted octanol–water partition coefficient (Wildman–Crippen LogP) is 7.97. The maximum absolute atomic E-state index is 6.23. The van der Waals surface area contributed by atoms with E-state index in [1.807, 2.05) is 72.8 Å². The summed E-state index contributed by atoms with van der Waals surface area (Å²) in [6.45, 7) is 0. The average Bonchev–Trinajstić information content (AvgIpc) is 2.73. The largest absolute Gasteiger partial charge is 0.457 e. The number of para-hydroxylation sites is 2. The van der Waals surface area contributed by atoms with Gasteiger partial charge in [-0.25, -0.2) is 0 Å². The quantitative estimate of drug-likeness (QED) is 0.306. The van der Waals surface area contributed by atoms with Crippen molar-refractivity contribution >= 4 is 23.2 Å². The first-order valence-corrected chi connectivity index (χ1v) is 9.79. The molecule has 0 heterocycles. The molecule has 0 aliphatic carbocycles. The summed E-state index contributed by atoms with van der Waals surface area (Å²) in [6.07, 6.45) is 0. The van der Waals surface area contributed by atoms with E-state index in [4.69, 9.17) is 27.9 Å². The molecule has 138 valence electrons. The second kappa shape index (κ2) is 8.52. The Hall–Kier alpha value is -2.74. The highest BCUT2D eigenvalue weighted by Gasteiger charge is 2.21. The van der Waals surface area contributed by atoms with Crippen molar-refractivity contribution in [1.29, 1.82) is 0 Å². The van der Waals surface area contributed by atoms with Crippen molar-refractivity contribution in [3.05, 3.63) is 130 Å². The zero-order chi connectivity index (χ0) is 19.3. The summed E-state index contributed by atoms with van der Waals surface area (Å²) >= 11 is 12.3. The van der Waals surface area contributed by atoms with Crippen LogP contribution >= 0.6 is 23.2 Å². The predicted molar refractivity (Wildman–Crippen MR) is 117 cm³/mol. The van der Waals surface area contributed by atoms with E-state index in [9.17, 15) is 0 Å². The highest BCUT2D eigenvalue weighted by Crippen LogP contribution is 2.39. The number of rotatable bonds is 5. The van der Waals surface area contributed by atoms with Crippen LogP contribution < -0.4 is 4.74 Å². The number of halogens is 2. The summed E-state index contributed by atoms with van der Waals surface area (Å²) in [7, 11) is 0. The van der Waals surface area contributed by atoms with Crippen LogP contribution in [-0.4, -0.2) is 0 Å². The first-order chi connectivity index (χ1) is 13.7. The number of hydrogen-bond acceptors (Lipinski definition) is 1. The zero-order valence-electron chi connectivity index (χ0n) is 15.1. The third kappa shape index (κ3) is 4.22. The van der Waals surface area contributed by atoms with E-state index >= 15 is 0 Å². The van der Waals surface area contributed by atoms with Gasteiger partial charge < -0.3 is 4.74 Å². The lowest BCUT2D eigenvalue weighted by Crippen LogP contribution is -2.05. The number of hydrogen-bond donors (Lipinski definition) is 0. The van der Waals surface area contributed by atoms with Crippen molar-refractivity contribution < 1.29 is 4.74 Å². The molecule has 0 bridgehead atoms. The van der Waals surface area contributed by atoms with Gasteiger partial charge in [0.25, 0.3) is 0 Å². The van der Waals surface area contributed by atoms with E-state index in [1.54, 1.807) is 0 Å². The zero-order valence-corrected chi connectivity index (χ0v) is 16.6.